The first-order valence-electron chi connectivity index (χ1n) is 10.2. The highest BCUT2D eigenvalue weighted by Crippen LogP contribution is 2.28. The maximum absolute atomic E-state index is 4.77. The second-order valence-electron chi connectivity index (χ2n) is 7.58. The van der Waals surface area contributed by atoms with Gasteiger partial charge in [-0.1, -0.05) is 50.2 Å². The van der Waals surface area contributed by atoms with E-state index in [0.29, 0.717) is 18.4 Å². The van der Waals surface area contributed by atoms with Gasteiger partial charge in [-0.25, -0.2) is 9.97 Å². The first kappa shape index (κ1) is 19.7. The van der Waals surface area contributed by atoms with Crippen LogP contribution in [0.5, 0.6) is 0 Å². The highest BCUT2D eigenvalue weighted by Gasteiger charge is 2.11. The number of anilines is 1. The maximum atomic E-state index is 4.77. The van der Waals surface area contributed by atoms with Gasteiger partial charge in [0.15, 0.2) is 0 Å². The van der Waals surface area contributed by atoms with E-state index in [2.05, 4.69) is 64.4 Å². The van der Waals surface area contributed by atoms with Gasteiger partial charge < -0.3 is 5.32 Å². The number of rotatable bonds is 6. The van der Waals surface area contributed by atoms with Crippen LogP contribution in [0.2, 0.25) is 0 Å². The molecular weight excluding hydrogens is 370 g/mol. The van der Waals surface area contributed by atoms with Crippen LogP contribution in [0.25, 0.3) is 22.6 Å². The van der Waals surface area contributed by atoms with Crippen LogP contribution in [0.1, 0.15) is 36.6 Å². The lowest BCUT2D eigenvalue weighted by atomic mass is 9.95. The number of hydrogen-bond donors (Lipinski definition) is 1. The zero-order valence-corrected chi connectivity index (χ0v) is 17.5. The minimum atomic E-state index is 0.427. The van der Waals surface area contributed by atoms with Crippen molar-refractivity contribution in [2.75, 3.05) is 5.32 Å². The third-order valence-corrected chi connectivity index (χ3v) is 4.92. The predicted molar refractivity (Wildman–Crippen MR) is 121 cm³/mol. The highest BCUT2D eigenvalue weighted by atomic mass is 15.1. The summed E-state index contributed by atoms with van der Waals surface area (Å²) in [4.78, 5) is 18.2. The molecule has 0 amide bonds. The molecule has 5 nitrogen and oxygen atoms in total. The molecule has 0 saturated heterocycles. The average Bonchev–Trinajstić information content (AvgIpc) is 2.78. The lowest BCUT2D eigenvalue weighted by Crippen LogP contribution is -2.06. The van der Waals surface area contributed by atoms with Crippen LogP contribution in [0.3, 0.4) is 0 Å². The summed E-state index contributed by atoms with van der Waals surface area (Å²) in [5, 5.41) is 3.34. The lowest BCUT2D eigenvalue weighted by Gasteiger charge is -2.14. The van der Waals surface area contributed by atoms with Gasteiger partial charge in [-0.2, -0.15) is 0 Å². The Morgan fingerprint density at radius 1 is 0.833 bits per heavy atom. The summed E-state index contributed by atoms with van der Waals surface area (Å²) < 4.78 is 0. The molecule has 1 N–H and O–H groups in total. The second-order valence-corrected chi connectivity index (χ2v) is 7.58. The molecule has 0 atom stereocenters. The van der Waals surface area contributed by atoms with Crippen molar-refractivity contribution in [1.29, 1.82) is 0 Å². The molecule has 0 aliphatic heterocycles. The molecule has 0 aliphatic carbocycles. The Labute approximate surface area is 177 Å². The normalized spacial score (nSPS) is 10.9. The van der Waals surface area contributed by atoms with Crippen molar-refractivity contribution in [2.45, 2.75) is 33.2 Å². The van der Waals surface area contributed by atoms with Crippen LogP contribution in [-0.2, 0) is 6.54 Å². The van der Waals surface area contributed by atoms with Gasteiger partial charge in [-0.3, -0.25) is 9.97 Å². The van der Waals surface area contributed by atoms with E-state index >= 15 is 0 Å². The Bertz CT molecular complexity index is 1120. The van der Waals surface area contributed by atoms with Crippen molar-refractivity contribution in [3.8, 4) is 22.6 Å². The van der Waals surface area contributed by atoms with Gasteiger partial charge in [-0.05, 0) is 48.2 Å². The summed E-state index contributed by atoms with van der Waals surface area (Å²) in [6.07, 6.45) is 3.64. The first-order chi connectivity index (χ1) is 14.6. The van der Waals surface area contributed by atoms with Gasteiger partial charge >= 0.3 is 0 Å². The predicted octanol–water partition coefficient (Wildman–Crippen LogP) is 5.64. The molecule has 0 bridgehead atoms. The highest BCUT2D eigenvalue weighted by molar-refractivity contribution is 5.65. The average molecular weight is 396 g/mol. The van der Waals surface area contributed by atoms with Crippen LogP contribution >= 0.6 is 0 Å². The molecule has 0 fully saturated rings. The molecule has 4 rings (SSSR count). The van der Waals surface area contributed by atoms with Crippen LogP contribution in [-0.4, -0.2) is 19.9 Å². The summed E-state index contributed by atoms with van der Waals surface area (Å²) in [6, 6.07) is 20.3. The van der Waals surface area contributed by atoms with E-state index in [1.54, 1.807) is 6.20 Å². The van der Waals surface area contributed by atoms with Gasteiger partial charge in [0.25, 0.3) is 0 Å². The summed E-state index contributed by atoms with van der Waals surface area (Å²) in [5.41, 5.74) is 7.11. The first-order valence-corrected chi connectivity index (χ1v) is 10.2. The molecule has 0 spiro atoms. The Hall–Kier alpha value is -3.60. The lowest BCUT2D eigenvalue weighted by molar-refractivity contribution is 0.867. The van der Waals surface area contributed by atoms with E-state index in [1.165, 1.54) is 5.56 Å². The SMILES string of the molecule is Cc1cc(-c2ccccc2C(C)C)nc(NCc2ccc(-c3ccccn3)nc2)n1. The van der Waals surface area contributed by atoms with Crippen LogP contribution in [0, 0.1) is 6.92 Å². The standard InChI is InChI=1S/C25H25N5/c1-17(2)20-8-4-5-9-21(20)24-14-18(3)29-25(30-24)28-16-19-11-12-23(27-15-19)22-10-6-7-13-26-22/h4-15,17H,16H2,1-3H3,(H,28,29,30). The topological polar surface area (TPSA) is 63.6 Å². The van der Waals surface area contributed by atoms with E-state index < -0.39 is 0 Å². The fourth-order valence-corrected chi connectivity index (χ4v) is 3.40. The van der Waals surface area contributed by atoms with Crippen molar-refractivity contribution in [3.05, 3.63) is 89.9 Å². The largest absolute Gasteiger partial charge is 0.350 e. The molecular formula is C25H25N5. The molecule has 3 aromatic heterocycles. The molecule has 4 aromatic rings. The number of benzene rings is 1. The summed E-state index contributed by atoms with van der Waals surface area (Å²) in [7, 11) is 0. The fourth-order valence-electron chi connectivity index (χ4n) is 3.40. The van der Waals surface area contributed by atoms with Crippen LogP contribution in [0.15, 0.2) is 73.1 Å². The minimum absolute atomic E-state index is 0.427. The minimum Gasteiger partial charge on any atom is -0.350 e. The van der Waals surface area contributed by atoms with Crippen molar-refractivity contribution >= 4 is 5.95 Å². The molecule has 3 heterocycles. The molecule has 150 valence electrons. The van der Waals surface area contributed by atoms with E-state index in [0.717, 1.165) is 33.9 Å². The zero-order chi connectivity index (χ0) is 20.9. The van der Waals surface area contributed by atoms with E-state index in [9.17, 15) is 0 Å². The quantitative estimate of drug-likeness (QED) is 0.457. The second kappa shape index (κ2) is 8.82. The van der Waals surface area contributed by atoms with Gasteiger partial charge in [0.1, 0.15) is 0 Å². The molecule has 0 unspecified atom stereocenters. The monoisotopic (exact) mass is 395 g/mol. The van der Waals surface area contributed by atoms with Crippen molar-refractivity contribution < 1.29 is 0 Å². The van der Waals surface area contributed by atoms with Gasteiger partial charge in [0.2, 0.25) is 5.95 Å². The third kappa shape index (κ3) is 4.51. The van der Waals surface area contributed by atoms with Crippen molar-refractivity contribution in [2.24, 2.45) is 0 Å². The fraction of sp³-hybridized carbons (Fsp3) is 0.200. The Kier molecular flexibility index (Phi) is 5.80. The number of aryl methyl sites for hydroxylation is 1. The van der Waals surface area contributed by atoms with Crippen LogP contribution in [0.4, 0.5) is 5.95 Å². The summed E-state index contributed by atoms with van der Waals surface area (Å²) >= 11 is 0. The molecule has 30 heavy (non-hydrogen) atoms. The van der Waals surface area contributed by atoms with Crippen LogP contribution < -0.4 is 5.32 Å². The Balaban J connectivity index is 1.52. The third-order valence-electron chi connectivity index (χ3n) is 4.92. The zero-order valence-electron chi connectivity index (χ0n) is 17.5. The van der Waals surface area contributed by atoms with E-state index in [4.69, 9.17) is 4.98 Å². The smallest absolute Gasteiger partial charge is 0.223 e. The van der Waals surface area contributed by atoms with E-state index in [-0.39, 0.29) is 0 Å². The number of hydrogen-bond acceptors (Lipinski definition) is 5. The van der Waals surface area contributed by atoms with Crippen molar-refractivity contribution in [1.82, 2.24) is 19.9 Å². The Morgan fingerprint density at radius 2 is 1.63 bits per heavy atom. The number of nitrogens with zero attached hydrogens (tertiary/aromatic N) is 4. The molecule has 0 radical (unpaired) electrons. The molecule has 1 aromatic carbocycles. The van der Waals surface area contributed by atoms with Gasteiger partial charge in [0, 0.05) is 30.2 Å². The molecule has 0 saturated carbocycles. The molecule has 0 aliphatic rings. The van der Waals surface area contributed by atoms with E-state index in [1.807, 2.05) is 43.5 Å². The maximum Gasteiger partial charge on any atom is 0.223 e. The Morgan fingerprint density at radius 3 is 2.37 bits per heavy atom. The number of aromatic nitrogens is 4. The van der Waals surface area contributed by atoms with Gasteiger partial charge in [-0.15, -0.1) is 0 Å². The summed E-state index contributed by atoms with van der Waals surface area (Å²) in [5.74, 6) is 1.05. The number of nitrogens with one attached hydrogen (secondary N) is 1. The molecule has 5 heteroatoms. The van der Waals surface area contributed by atoms with Gasteiger partial charge in [0.05, 0.1) is 17.1 Å². The summed E-state index contributed by atoms with van der Waals surface area (Å²) in [6.45, 7) is 7.00. The number of pyridine rings is 2. The van der Waals surface area contributed by atoms with Crippen molar-refractivity contribution in [3.63, 3.8) is 0 Å².